The molecule has 0 unspecified atom stereocenters. The van der Waals surface area contributed by atoms with Crippen LogP contribution in [0.1, 0.15) is 49.7 Å². The van der Waals surface area contributed by atoms with E-state index in [-0.39, 0.29) is 5.97 Å². The lowest BCUT2D eigenvalue weighted by Gasteiger charge is -2.12. The minimum Gasteiger partial charge on any atom is -0.465 e. The van der Waals surface area contributed by atoms with Crippen molar-refractivity contribution in [2.24, 2.45) is 0 Å². The lowest BCUT2D eigenvalue weighted by atomic mass is 10.1. The largest absolute Gasteiger partial charge is 0.465 e. The summed E-state index contributed by atoms with van der Waals surface area (Å²) in [5, 5.41) is 12.4. The standard InChI is InChI=1S/C23H26N4O2S2/c1-13-8-10-16(11-9-13)12-27-15(3)20(14(2)26-27)24-23(30)25-21-19(22(28)29-4)17-6-5-7-18(17)31-21/h8-11H,5-7,12H2,1-4H3,(H2,24,25,30). The van der Waals surface area contributed by atoms with E-state index in [2.05, 4.69) is 46.9 Å². The summed E-state index contributed by atoms with van der Waals surface area (Å²) >= 11 is 7.16. The van der Waals surface area contributed by atoms with E-state index in [9.17, 15) is 4.79 Å². The predicted molar refractivity (Wildman–Crippen MR) is 130 cm³/mol. The fourth-order valence-corrected chi connectivity index (χ4v) is 5.51. The molecule has 0 radical (unpaired) electrons. The second kappa shape index (κ2) is 8.80. The molecule has 6 nitrogen and oxygen atoms in total. The fraction of sp³-hybridized carbons (Fsp3) is 0.348. The Bertz CT molecular complexity index is 1150. The number of nitrogens with zero attached hydrogens (tertiary/aromatic N) is 2. The first-order valence-corrected chi connectivity index (χ1v) is 11.5. The second-order valence-electron chi connectivity index (χ2n) is 7.82. The molecule has 8 heteroatoms. The summed E-state index contributed by atoms with van der Waals surface area (Å²) in [6.07, 6.45) is 2.98. The normalized spacial score (nSPS) is 12.5. The molecule has 3 aromatic rings. The first kappa shape index (κ1) is 21.5. The van der Waals surface area contributed by atoms with Crippen molar-refractivity contribution in [1.29, 1.82) is 0 Å². The van der Waals surface area contributed by atoms with E-state index in [1.807, 2.05) is 18.5 Å². The molecule has 2 aromatic heterocycles. The molecule has 0 spiro atoms. The fourth-order valence-electron chi connectivity index (χ4n) is 3.96. The van der Waals surface area contributed by atoms with Gasteiger partial charge in [-0.1, -0.05) is 29.8 Å². The molecule has 0 aliphatic heterocycles. The van der Waals surface area contributed by atoms with Crippen molar-refractivity contribution in [3.8, 4) is 0 Å². The molecule has 162 valence electrons. The first-order valence-electron chi connectivity index (χ1n) is 10.3. The van der Waals surface area contributed by atoms with Gasteiger partial charge in [-0.15, -0.1) is 11.3 Å². The molecule has 0 bridgehead atoms. The Morgan fingerprint density at radius 2 is 1.94 bits per heavy atom. The van der Waals surface area contributed by atoms with Crippen molar-refractivity contribution in [3.05, 3.63) is 62.8 Å². The van der Waals surface area contributed by atoms with E-state index in [1.165, 1.54) is 23.1 Å². The Balaban J connectivity index is 1.51. The van der Waals surface area contributed by atoms with Gasteiger partial charge in [0.15, 0.2) is 5.11 Å². The number of carbonyl (C=O) groups is 1. The van der Waals surface area contributed by atoms with Gasteiger partial charge >= 0.3 is 5.97 Å². The molecule has 0 amide bonds. The summed E-state index contributed by atoms with van der Waals surface area (Å²) in [6, 6.07) is 8.46. The van der Waals surface area contributed by atoms with Crippen LogP contribution >= 0.6 is 23.6 Å². The van der Waals surface area contributed by atoms with Gasteiger partial charge in [0.05, 0.1) is 36.3 Å². The monoisotopic (exact) mass is 454 g/mol. The summed E-state index contributed by atoms with van der Waals surface area (Å²) < 4.78 is 6.99. The molecule has 0 atom stereocenters. The number of rotatable bonds is 5. The molecular formula is C23H26N4O2S2. The summed E-state index contributed by atoms with van der Waals surface area (Å²) in [5.41, 5.74) is 6.90. The maximum Gasteiger partial charge on any atom is 0.341 e. The Kier molecular flexibility index (Phi) is 6.11. The number of methoxy groups -OCH3 is 1. The van der Waals surface area contributed by atoms with Gasteiger partial charge in [-0.2, -0.15) is 5.10 Å². The highest BCUT2D eigenvalue weighted by atomic mass is 32.1. The molecule has 1 aromatic carbocycles. The Labute approximate surface area is 191 Å². The molecule has 1 aliphatic carbocycles. The number of carbonyl (C=O) groups excluding carboxylic acids is 1. The average molecular weight is 455 g/mol. The number of anilines is 2. The second-order valence-corrected chi connectivity index (χ2v) is 9.33. The number of hydrogen-bond acceptors (Lipinski definition) is 5. The summed E-state index contributed by atoms with van der Waals surface area (Å²) in [7, 11) is 1.41. The van der Waals surface area contributed by atoms with E-state index < -0.39 is 0 Å². The SMILES string of the molecule is COC(=O)c1c(NC(=S)Nc2c(C)nn(Cc3ccc(C)cc3)c2C)sc2c1CCC2. The average Bonchev–Trinajstić information content (AvgIpc) is 3.39. The topological polar surface area (TPSA) is 68.2 Å². The Morgan fingerprint density at radius 3 is 2.65 bits per heavy atom. The smallest absolute Gasteiger partial charge is 0.341 e. The summed E-state index contributed by atoms with van der Waals surface area (Å²) in [4.78, 5) is 13.6. The minimum atomic E-state index is -0.317. The van der Waals surface area contributed by atoms with E-state index >= 15 is 0 Å². The molecule has 2 heterocycles. The summed E-state index contributed by atoms with van der Waals surface area (Å²) in [5.74, 6) is -0.317. The molecular weight excluding hydrogens is 428 g/mol. The zero-order valence-electron chi connectivity index (χ0n) is 18.2. The lowest BCUT2D eigenvalue weighted by molar-refractivity contribution is 0.0601. The highest BCUT2D eigenvalue weighted by Crippen LogP contribution is 2.39. The molecule has 2 N–H and O–H groups in total. The number of esters is 1. The number of fused-ring (bicyclic) bond motifs is 1. The van der Waals surface area contributed by atoms with Crippen LogP contribution < -0.4 is 10.6 Å². The van der Waals surface area contributed by atoms with Crippen molar-refractivity contribution in [2.75, 3.05) is 17.7 Å². The minimum absolute atomic E-state index is 0.317. The Morgan fingerprint density at radius 1 is 1.19 bits per heavy atom. The first-order chi connectivity index (χ1) is 14.9. The third-order valence-corrected chi connectivity index (χ3v) is 7.02. The zero-order valence-corrected chi connectivity index (χ0v) is 19.8. The van der Waals surface area contributed by atoms with Gasteiger partial charge in [-0.05, 0) is 63.4 Å². The van der Waals surface area contributed by atoms with Crippen LogP contribution in [0.5, 0.6) is 0 Å². The highest BCUT2D eigenvalue weighted by Gasteiger charge is 2.27. The molecule has 1 aliphatic rings. The van der Waals surface area contributed by atoms with E-state index in [4.69, 9.17) is 17.0 Å². The van der Waals surface area contributed by atoms with Gasteiger partial charge in [0, 0.05) is 4.88 Å². The molecule has 4 rings (SSSR count). The quantitative estimate of drug-likeness (QED) is 0.418. The van der Waals surface area contributed by atoms with Gasteiger partial charge in [0.25, 0.3) is 0 Å². The van der Waals surface area contributed by atoms with Crippen LogP contribution in [-0.4, -0.2) is 28.0 Å². The molecule has 0 fully saturated rings. The predicted octanol–water partition coefficient (Wildman–Crippen LogP) is 5.00. The zero-order chi connectivity index (χ0) is 22.1. The maximum absolute atomic E-state index is 12.4. The van der Waals surface area contributed by atoms with Crippen molar-refractivity contribution < 1.29 is 9.53 Å². The number of hydrogen-bond donors (Lipinski definition) is 2. The van der Waals surface area contributed by atoms with Gasteiger partial charge in [-0.25, -0.2) is 4.79 Å². The third kappa shape index (κ3) is 4.36. The third-order valence-electron chi connectivity index (χ3n) is 5.61. The van der Waals surface area contributed by atoms with Gasteiger partial charge < -0.3 is 15.4 Å². The number of aromatic nitrogens is 2. The number of ether oxygens (including phenoxy) is 1. The number of benzene rings is 1. The van der Waals surface area contributed by atoms with Crippen LogP contribution in [0.4, 0.5) is 10.7 Å². The number of thiophene rings is 1. The molecule has 31 heavy (non-hydrogen) atoms. The Hall–Kier alpha value is -2.71. The lowest BCUT2D eigenvalue weighted by Crippen LogP contribution is -2.21. The van der Waals surface area contributed by atoms with E-state index in [0.717, 1.165) is 46.9 Å². The van der Waals surface area contributed by atoms with Crippen LogP contribution in [0.25, 0.3) is 0 Å². The summed E-state index contributed by atoms with van der Waals surface area (Å²) in [6.45, 7) is 6.76. The van der Waals surface area contributed by atoms with Gasteiger partial charge in [-0.3, -0.25) is 4.68 Å². The highest BCUT2D eigenvalue weighted by molar-refractivity contribution is 7.80. The molecule has 0 saturated heterocycles. The van der Waals surface area contributed by atoms with Crippen LogP contribution in [0, 0.1) is 20.8 Å². The van der Waals surface area contributed by atoms with Crippen molar-refractivity contribution in [2.45, 2.75) is 46.6 Å². The van der Waals surface area contributed by atoms with E-state index in [0.29, 0.717) is 17.2 Å². The number of nitrogens with one attached hydrogen (secondary N) is 2. The van der Waals surface area contributed by atoms with Crippen LogP contribution in [0.3, 0.4) is 0 Å². The molecule has 0 saturated carbocycles. The van der Waals surface area contributed by atoms with Crippen LogP contribution in [0.15, 0.2) is 24.3 Å². The van der Waals surface area contributed by atoms with Crippen LogP contribution in [-0.2, 0) is 24.1 Å². The number of thiocarbonyl (C=S) groups is 1. The van der Waals surface area contributed by atoms with Crippen molar-refractivity contribution in [1.82, 2.24) is 9.78 Å². The number of aryl methyl sites for hydroxylation is 3. The van der Waals surface area contributed by atoms with Gasteiger partial charge in [0.2, 0.25) is 0 Å². The van der Waals surface area contributed by atoms with Gasteiger partial charge in [0.1, 0.15) is 5.00 Å². The van der Waals surface area contributed by atoms with Crippen molar-refractivity contribution >= 4 is 45.3 Å². The van der Waals surface area contributed by atoms with Crippen LogP contribution in [0.2, 0.25) is 0 Å². The van der Waals surface area contributed by atoms with Crippen molar-refractivity contribution in [3.63, 3.8) is 0 Å². The maximum atomic E-state index is 12.4. The van der Waals surface area contributed by atoms with E-state index in [1.54, 1.807) is 11.3 Å².